The highest BCUT2D eigenvalue weighted by molar-refractivity contribution is 6.29. The fraction of sp³-hybridized carbons (Fsp3) is 0.333. The van der Waals surface area contributed by atoms with Crippen molar-refractivity contribution in [3.63, 3.8) is 0 Å². The number of hydrogen-bond donors (Lipinski definition) is 0. The van der Waals surface area contributed by atoms with E-state index in [0.717, 1.165) is 11.3 Å². The van der Waals surface area contributed by atoms with Crippen molar-refractivity contribution in [3.8, 4) is 0 Å². The summed E-state index contributed by atoms with van der Waals surface area (Å²) in [5.41, 5.74) is 1.56. The van der Waals surface area contributed by atoms with Crippen LogP contribution in [-0.4, -0.2) is 14.6 Å². The smallest absolute Gasteiger partial charge is 0.153 e. The molecular weight excluding hydrogens is 221 g/mol. The fourth-order valence-electron chi connectivity index (χ4n) is 0.972. The average Bonchev–Trinajstić information content (AvgIpc) is 2.62. The Morgan fingerprint density at radius 3 is 2.71 bits per heavy atom. The zero-order chi connectivity index (χ0) is 10.6. The predicted molar refractivity (Wildman–Crippen MR) is 58.9 cm³/mol. The molecule has 0 N–H and O–H groups in total. The monoisotopic (exact) mass is 231 g/mol. The zero-order valence-corrected chi connectivity index (χ0v) is 9.55. The van der Waals surface area contributed by atoms with Crippen molar-refractivity contribution in [2.24, 2.45) is 0 Å². The van der Waals surface area contributed by atoms with Gasteiger partial charge in [0.1, 0.15) is 5.15 Å². The standard InChI is InChI=1S/C7H5Cl2N3.C2H6/c8-3-5-4-12-7(10-5)2-1-6(9)11-12;1-2/h1-2,4H,3H2;1-2H3. The van der Waals surface area contributed by atoms with Crippen LogP contribution in [0.1, 0.15) is 19.5 Å². The maximum Gasteiger partial charge on any atom is 0.153 e. The molecule has 76 valence electrons. The van der Waals surface area contributed by atoms with Gasteiger partial charge in [-0.3, -0.25) is 0 Å². The molecule has 2 rings (SSSR count). The third kappa shape index (κ3) is 2.36. The second-order valence-corrected chi connectivity index (χ2v) is 2.98. The lowest BCUT2D eigenvalue weighted by atomic mass is 10.6. The van der Waals surface area contributed by atoms with Crippen LogP contribution in [-0.2, 0) is 5.88 Å². The van der Waals surface area contributed by atoms with Gasteiger partial charge in [-0.2, -0.15) is 5.10 Å². The third-order valence-electron chi connectivity index (χ3n) is 1.47. The molecule has 0 bridgehead atoms. The molecule has 5 heteroatoms. The molecule has 2 aromatic rings. The van der Waals surface area contributed by atoms with Crippen LogP contribution in [0.5, 0.6) is 0 Å². The van der Waals surface area contributed by atoms with Crippen LogP contribution in [0, 0.1) is 0 Å². The van der Waals surface area contributed by atoms with Crippen molar-refractivity contribution in [2.45, 2.75) is 19.7 Å². The van der Waals surface area contributed by atoms with E-state index in [1.807, 2.05) is 13.8 Å². The van der Waals surface area contributed by atoms with Gasteiger partial charge in [-0.25, -0.2) is 9.50 Å². The molecule has 2 aromatic heterocycles. The second-order valence-electron chi connectivity index (χ2n) is 2.32. The average molecular weight is 232 g/mol. The number of nitrogens with zero attached hydrogens (tertiary/aromatic N) is 3. The van der Waals surface area contributed by atoms with Crippen LogP contribution in [0.15, 0.2) is 18.3 Å². The number of alkyl halides is 1. The summed E-state index contributed by atoms with van der Waals surface area (Å²) < 4.78 is 1.61. The molecule has 3 nitrogen and oxygen atoms in total. The van der Waals surface area contributed by atoms with Crippen LogP contribution in [0.2, 0.25) is 5.15 Å². The summed E-state index contributed by atoms with van der Waals surface area (Å²) in [5.74, 6) is 0.390. The van der Waals surface area contributed by atoms with Crippen molar-refractivity contribution >= 4 is 28.8 Å². The minimum absolute atomic E-state index is 0.390. The molecule has 0 aromatic carbocycles. The lowest BCUT2D eigenvalue weighted by Crippen LogP contribution is -1.88. The lowest BCUT2D eigenvalue weighted by Gasteiger charge is -1.89. The first-order chi connectivity index (χ1) is 6.79. The van der Waals surface area contributed by atoms with Crippen LogP contribution in [0.3, 0.4) is 0 Å². The number of imidazole rings is 1. The van der Waals surface area contributed by atoms with Gasteiger partial charge in [-0.15, -0.1) is 11.6 Å². The molecule has 0 saturated heterocycles. The number of hydrogen-bond acceptors (Lipinski definition) is 2. The Hall–Kier alpha value is -0.800. The van der Waals surface area contributed by atoms with Crippen molar-refractivity contribution in [2.75, 3.05) is 0 Å². The molecule has 0 fully saturated rings. The van der Waals surface area contributed by atoms with Crippen molar-refractivity contribution in [1.82, 2.24) is 14.6 Å². The topological polar surface area (TPSA) is 30.2 Å². The van der Waals surface area contributed by atoms with Gasteiger partial charge in [0.05, 0.1) is 17.8 Å². The number of halogens is 2. The van der Waals surface area contributed by atoms with Gasteiger partial charge in [0.25, 0.3) is 0 Å². The normalized spacial score (nSPS) is 9.71. The molecule has 0 amide bonds. The Morgan fingerprint density at radius 2 is 2.07 bits per heavy atom. The van der Waals surface area contributed by atoms with E-state index in [1.165, 1.54) is 0 Å². The maximum atomic E-state index is 5.68. The minimum Gasteiger partial charge on any atom is -0.231 e. The summed E-state index contributed by atoms with van der Waals surface area (Å²) in [6.07, 6.45) is 1.76. The van der Waals surface area contributed by atoms with Gasteiger partial charge in [-0.1, -0.05) is 25.4 Å². The second kappa shape index (κ2) is 5.17. The van der Waals surface area contributed by atoms with Crippen LogP contribution >= 0.6 is 23.2 Å². The quantitative estimate of drug-likeness (QED) is 0.707. The number of fused-ring (bicyclic) bond motifs is 1. The molecule has 0 aliphatic rings. The highest BCUT2D eigenvalue weighted by atomic mass is 35.5. The van der Waals surface area contributed by atoms with Crippen molar-refractivity contribution in [3.05, 3.63) is 29.2 Å². The molecule has 2 heterocycles. The Balaban J connectivity index is 0.000000461. The maximum absolute atomic E-state index is 5.68. The Kier molecular flexibility index (Phi) is 4.17. The van der Waals surface area contributed by atoms with Crippen LogP contribution in [0.4, 0.5) is 0 Å². The van der Waals surface area contributed by atoms with Gasteiger partial charge < -0.3 is 0 Å². The molecular formula is C9H11Cl2N3. The summed E-state index contributed by atoms with van der Waals surface area (Å²) in [5, 5.41) is 4.45. The van der Waals surface area contributed by atoms with E-state index in [2.05, 4.69) is 10.1 Å². The first-order valence-corrected chi connectivity index (χ1v) is 5.27. The predicted octanol–water partition coefficient (Wildman–Crippen LogP) is 3.15. The zero-order valence-electron chi connectivity index (χ0n) is 8.04. The van der Waals surface area contributed by atoms with E-state index >= 15 is 0 Å². The fourth-order valence-corrected chi connectivity index (χ4v) is 1.25. The molecule has 0 atom stereocenters. The Bertz CT molecular complexity index is 411. The number of aromatic nitrogens is 3. The molecule has 14 heavy (non-hydrogen) atoms. The third-order valence-corrected chi connectivity index (χ3v) is 1.95. The van der Waals surface area contributed by atoms with E-state index in [0.29, 0.717) is 11.0 Å². The molecule has 0 aliphatic carbocycles. The van der Waals surface area contributed by atoms with Crippen LogP contribution < -0.4 is 0 Å². The van der Waals surface area contributed by atoms with Crippen molar-refractivity contribution in [1.29, 1.82) is 0 Å². The Morgan fingerprint density at radius 1 is 1.36 bits per heavy atom. The summed E-state index contributed by atoms with van der Waals surface area (Å²) in [6.45, 7) is 4.00. The minimum atomic E-state index is 0.390. The van der Waals surface area contributed by atoms with Gasteiger partial charge >= 0.3 is 0 Å². The van der Waals surface area contributed by atoms with Gasteiger partial charge in [0.15, 0.2) is 5.65 Å². The highest BCUT2D eigenvalue weighted by Gasteiger charge is 2.00. The van der Waals surface area contributed by atoms with Crippen molar-refractivity contribution < 1.29 is 0 Å². The first-order valence-electron chi connectivity index (χ1n) is 4.36. The van der Waals surface area contributed by atoms with Gasteiger partial charge in [-0.05, 0) is 12.1 Å². The summed E-state index contributed by atoms with van der Waals surface area (Å²) in [6, 6.07) is 3.49. The van der Waals surface area contributed by atoms with E-state index in [-0.39, 0.29) is 0 Å². The van der Waals surface area contributed by atoms with E-state index in [4.69, 9.17) is 23.2 Å². The van der Waals surface area contributed by atoms with E-state index in [9.17, 15) is 0 Å². The molecule has 0 spiro atoms. The molecule has 0 unspecified atom stereocenters. The summed E-state index contributed by atoms with van der Waals surface area (Å²) >= 11 is 11.3. The van der Waals surface area contributed by atoms with Gasteiger partial charge in [0.2, 0.25) is 0 Å². The highest BCUT2D eigenvalue weighted by Crippen LogP contribution is 2.08. The molecule has 0 aliphatic heterocycles. The number of rotatable bonds is 1. The Labute approximate surface area is 92.7 Å². The molecule has 0 radical (unpaired) electrons. The van der Waals surface area contributed by atoms with Gasteiger partial charge in [0, 0.05) is 0 Å². The van der Waals surface area contributed by atoms with E-state index < -0.39 is 0 Å². The lowest BCUT2D eigenvalue weighted by molar-refractivity contribution is 0.934. The first kappa shape index (κ1) is 11.3. The molecule has 0 saturated carbocycles. The van der Waals surface area contributed by atoms with Crippen LogP contribution in [0.25, 0.3) is 5.65 Å². The summed E-state index contributed by atoms with van der Waals surface area (Å²) in [7, 11) is 0. The largest absolute Gasteiger partial charge is 0.231 e. The SMILES string of the molecule is CC.ClCc1cn2nc(Cl)ccc2n1. The van der Waals surface area contributed by atoms with E-state index in [1.54, 1.807) is 22.8 Å². The summed E-state index contributed by atoms with van der Waals surface area (Å²) in [4.78, 5) is 4.18.